The van der Waals surface area contributed by atoms with Crippen LogP contribution in [0.1, 0.15) is 30.6 Å². The summed E-state index contributed by atoms with van der Waals surface area (Å²) in [4.78, 5) is 22.1. The monoisotopic (exact) mass is 211 g/mol. The number of aromatic amines is 1. The first-order valence-electron chi connectivity index (χ1n) is 4.44. The van der Waals surface area contributed by atoms with Gasteiger partial charge in [0.1, 0.15) is 0 Å². The Morgan fingerprint density at radius 2 is 2.27 bits per heavy atom. The summed E-state index contributed by atoms with van der Waals surface area (Å²) in [7, 11) is 0. The Bertz CT molecular complexity index is 357. The number of hydrogen-bond donors (Lipinski definition) is 3. The average molecular weight is 211 g/mol. The molecule has 0 aliphatic heterocycles. The predicted octanol–water partition coefficient (Wildman–Crippen LogP) is 0.393. The smallest absolute Gasteiger partial charge is 0.305 e. The summed E-state index contributed by atoms with van der Waals surface area (Å²) >= 11 is 0. The summed E-state index contributed by atoms with van der Waals surface area (Å²) in [6.45, 7) is 3.30. The van der Waals surface area contributed by atoms with E-state index < -0.39 is 11.5 Å². The second-order valence-electron chi connectivity index (χ2n) is 3.90. The maximum Gasteiger partial charge on any atom is 0.305 e. The number of carboxylic acids is 1. The van der Waals surface area contributed by atoms with Crippen LogP contribution in [0, 0.1) is 0 Å². The molecule has 0 spiro atoms. The van der Waals surface area contributed by atoms with Gasteiger partial charge in [0.25, 0.3) is 5.91 Å². The third kappa shape index (κ3) is 3.41. The number of aromatic nitrogens is 2. The number of carbonyl (C=O) groups is 2. The zero-order valence-electron chi connectivity index (χ0n) is 8.57. The molecular weight excluding hydrogens is 198 g/mol. The normalized spacial score (nSPS) is 11.1. The van der Waals surface area contributed by atoms with Crippen molar-refractivity contribution in [2.75, 3.05) is 0 Å². The Hall–Kier alpha value is -1.85. The van der Waals surface area contributed by atoms with Gasteiger partial charge >= 0.3 is 5.97 Å². The quantitative estimate of drug-likeness (QED) is 0.671. The molecular formula is C9H13N3O3. The molecule has 0 aliphatic rings. The van der Waals surface area contributed by atoms with E-state index in [1.807, 2.05) is 0 Å². The van der Waals surface area contributed by atoms with Crippen LogP contribution in [0.25, 0.3) is 0 Å². The molecule has 6 nitrogen and oxygen atoms in total. The van der Waals surface area contributed by atoms with Crippen LogP contribution in [-0.2, 0) is 4.79 Å². The standard InChI is InChI=1S/C9H13N3O3/c1-9(2,3-7(13)14)12-8(15)6-4-10-11-5-6/h4-5H,3H2,1-2H3,(H,10,11)(H,12,15)(H,13,14). The molecule has 0 bridgehead atoms. The molecule has 0 saturated carbocycles. The second-order valence-corrected chi connectivity index (χ2v) is 3.90. The van der Waals surface area contributed by atoms with E-state index >= 15 is 0 Å². The molecule has 1 rings (SSSR count). The van der Waals surface area contributed by atoms with Crippen molar-refractivity contribution in [3.63, 3.8) is 0 Å². The van der Waals surface area contributed by atoms with E-state index in [0.717, 1.165) is 0 Å². The van der Waals surface area contributed by atoms with Gasteiger partial charge in [-0.2, -0.15) is 5.10 Å². The number of aliphatic carboxylic acids is 1. The fraction of sp³-hybridized carbons (Fsp3) is 0.444. The van der Waals surface area contributed by atoms with Crippen LogP contribution < -0.4 is 5.32 Å². The summed E-state index contributed by atoms with van der Waals surface area (Å²) < 4.78 is 0. The van der Waals surface area contributed by atoms with Crippen LogP contribution in [-0.4, -0.2) is 32.7 Å². The fourth-order valence-corrected chi connectivity index (χ4v) is 1.18. The number of rotatable bonds is 4. The SMILES string of the molecule is CC(C)(CC(=O)O)NC(=O)c1cn[nH]c1. The third-order valence-electron chi connectivity index (χ3n) is 1.81. The van der Waals surface area contributed by atoms with Gasteiger partial charge in [0, 0.05) is 11.7 Å². The van der Waals surface area contributed by atoms with Crippen LogP contribution in [0.3, 0.4) is 0 Å². The van der Waals surface area contributed by atoms with Crippen molar-refractivity contribution >= 4 is 11.9 Å². The second kappa shape index (κ2) is 4.12. The molecule has 0 fully saturated rings. The number of amides is 1. The number of nitrogens with zero attached hydrogens (tertiary/aromatic N) is 1. The van der Waals surface area contributed by atoms with Crippen LogP contribution >= 0.6 is 0 Å². The molecule has 1 aromatic rings. The third-order valence-corrected chi connectivity index (χ3v) is 1.81. The Balaban J connectivity index is 2.61. The Labute approximate surface area is 86.7 Å². The summed E-state index contributed by atoms with van der Waals surface area (Å²) in [6.07, 6.45) is 2.70. The highest BCUT2D eigenvalue weighted by atomic mass is 16.4. The molecule has 15 heavy (non-hydrogen) atoms. The molecule has 0 unspecified atom stereocenters. The highest BCUT2D eigenvalue weighted by Crippen LogP contribution is 2.09. The first-order valence-corrected chi connectivity index (χ1v) is 4.44. The van der Waals surface area contributed by atoms with Crippen molar-refractivity contribution < 1.29 is 14.7 Å². The minimum Gasteiger partial charge on any atom is -0.481 e. The lowest BCUT2D eigenvalue weighted by molar-refractivity contribution is -0.138. The van der Waals surface area contributed by atoms with E-state index in [1.165, 1.54) is 12.4 Å². The van der Waals surface area contributed by atoms with Crippen molar-refractivity contribution in [3.05, 3.63) is 18.0 Å². The van der Waals surface area contributed by atoms with Gasteiger partial charge in [0.05, 0.1) is 18.2 Å². The van der Waals surface area contributed by atoms with Crippen LogP contribution in [0.15, 0.2) is 12.4 Å². The maximum absolute atomic E-state index is 11.5. The average Bonchev–Trinajstić information content (AvgIpc) is 2.50. The van der Waals surface area contributed by atoms with Crippen molar-refractivity contribution in [3.8, 4) is 0 Å². The highest BCUT2D eigenvalue weighted by molar-refractivity contribution is 5.94. The number of hydrogen-bond acceptors (Lipinski definition) is 3. The van der Waals surface area contributed by atoms with E-state index in [9.17, 15) is 9.59 Å². The molecule has 0 aliphatic carbocycles. The Kier molecular flexibility index (Phi) is 3.08. The van der Waals surface area contributed by atoms with Crippen molar-refractivity contribution in [1.82, 2.24) is 15.5 Å². The van der Waals surface area contributed by atoms with Crippen molar-refractivity contribution in [1.29, 1.82) is 0 Å². The van der Waals surface area contributed by atoms with Gasteiger partial charge in [-0.3, -0.25) is 14.7 Å². The first-order chi connectivity index (χ1) is 6.91. The minimum absolute atomic E-state index is 0.128. The largest absolute Gasteiger partial charge is 0.481 e. The topological polar surface area (TPSA) is 95.1 Å². The van der Waals surface area contributed by atoms with Gasteiger partial charge in [-0.15, -0.1) is 0 Å². The molecule has 1 heterocycles. The van der Waals surface area contributed by atoms with Gasteiger partial charge in [-0.05, 0) is 13.8 Å². The lowest BCUT2D eigenvalue weighted by atomic mass is 10.0. The van der Waals surface area contributed by atoms with E-state index in [-0.39, 0.29) is 12.3 Å². The molecule has 0 saturated heterocycles. The Morgan fingerprint density at radius 1 is 1.60 bits per heavy atom. The van der Waals surface area contributed by atoms with Gasteiger partial charge < -0.3 is 10.4 Å². The Morgan fingerprint density at radius 3 is 2.73 bits per heavy atom. The maximum atomic E-state index is 11.5. The van der Waals surface area contributed by atoms with E-state index in [1.54, 1.807) is 13.8 Å². The van der Waals surface area contributed by atoms with Crippen molar-refractivity contribution in [2.24, 2.45) is 0 Å². The van der Waals surface area contributed by atoms with Crippen LogP contribution in [0.4, 0.5) is 0 Å². The van der Waals surface area contributed by atoms with Crippen LogP contribution in [0.5, 0.6) is 0 Å². The summed E-state index contributed by atoms with van der Waals surface area (Å²) in [5.41, 5.74) is -0.395. The summed E-state index contributed by atoms with van der Waals surface area (Å²) in [5.74, 6) is -1.29. The number of carbonyl (C=O) groups excluding carboxylic acids is 1. The molecule has 0 aromatic carbocycles. The molecule has 82 valence electrons. The molecule has 1 aromatic heterocycles. The van der Waals surface area contributed by atoms with Gasteiger partial charge in [0.15, 0.2) is 0 Å². The minimum atomic E-state index is -0.951. The first kappa shape index (κ1) is 11.2. The van der Waals surface area contributed by atoms with Gasteiger partial charge in [-0.25, -0.2) is 0 Å². The van der Waals surface area contributed by atoms with E-state index in [2.05, 4.69) is 15.5 Å². The van der Waals surface area contributed by atoms with E-state index in [0.29, 0.717) is 5.56 Å². The number of carboxylic acid groups (broad SMARTS) is 1. The van der Waals surface area contributed by atoms with E-state index in [4.69, 9.17) is 5.11 Å². The molecule has 3 N–H and O–H groups in total. The predicted molar refractivity (Wildman–Crippen MR) is 52.4 cm³/mol. The zero-order valence-corrected chi connectivity index (χ0v) is 8.57. The number of H-pyrrole nitrogens is 1. The number of nitrogens with one attached hydrogen (secondary N) is 2. The molecule has 0 atom stereocenters. The van der Waals surface area contributed by atoms with Crippen LogP contribution in [0.2, 0.25) is 0 Å². The van der Waals surface area contributed by atoms with Crippen molar-refractivity contribution in [2.45, 2.75) is 25.8 Å². The molecule has 0 radical (unpaired) electrons. The summed E-state index contributed by atoms with van der Waals surface area (Å²) in [5, 5.41) is 17.4. The zero-order chi connectivity index (χ0) is 11.5. The fourth-order valence-electron chi connectivity index (χ4n) is 1.18. The lowest BCUT2D eigenvalue weighted by Crippen LogP contribution is -2.44. The molecule has 1 amide bonds. The highest BCUT2D eigenvalue weighted by Gasteiger charge is 2.24. The van der Waals surface area contributed by atoms with Gasteiger partial charge in [0.2, 0.25) is 0 Å². The van der Waals surface area contributed by atoms with Gasteiger partial charge in [-0.1, -0.05) is 0 Å². The summed E-state index contributed by atoms with van der Waals surface area (Å²) in [6, 6.07) is 0. The molecule has 6 heteroatoms. The lowest BCUT2D eigenvalue weighted by Gasteiger charge is -2.23.